The van der Waals surface area contributed by atoms with E-state index in [2.05, 4.69) is 14.7 Å². The van der Waals surface area contributed by atoms with Crippen LogP contribution in [0.25, 0.3) is 11.3 Å². The van der Waals surface area contributed by atoms with Gasteiger partial charge in [0.15, 0.2) is 9.92 Å². The fourth-order valence-electron chi connectivity index (χ4n) is 4.66. The number of ether oxygens (including phenoxy) is 1. The van der Waals surface area contributed by atoms with Gasteiger partial charge in [-0.15, -0.1) is 0 Å². The summed E-state index contributed by atoms with van der Waals surface area (Å²) in [5.41, 5.74) is 2.81. The first-order valence-corrected chi connectivity index (χ1v) is 15.3. The number of halogens is 1. The number of carbonyl (C=O) groups is 2. The van der Waals surface area contributed by atoms with Crippen LogP contribution in [0.3, 0.4) is 0 Å². The molecule has 0 aliphatic carbocycles. The van der Waals surface area contributed by atoms with E-state index in [1.807, 2.05) is 32.0 Å². The van der Waals surface area contributed by atoms with Gasteiger partial charge in [-0.25, -0.2) is 23.8 Å². The summed E-state index contributed by atoms with van der Waals surface area (Å²) in [4.78, 5) is 37.4. The molecule has 1 fully saturated rings. The van der Waals surface area contributed by atoms with E-state index in [1.165, 1.54) is 28.0 Å². The number of aliphatic hydroxyl groups excluding tert-OH is 1. The van der Waals surface area contributed by atoms with Crippen molar-refractivity contribution in [2.24, 2.45) is 0 Å². The number of carbonyl (C=O) groups excluding carboxylic acids is 2. The highest BCUT2D eigenvalue weighted by atomic mass is 35.5. The number of nitrogens with one attached hydrogen (secondary N) is 2. The van der Waals surface area contributed by atoms with Gasteiger partial charge in [0.05, 0.1) is 23.2 Å². The number of hydrogen-bond donors (Lipinski definition) is 3. The maximum absolute atomic E-state index is 13.5. The topological polar surface area (TPSA) is 149 Å². The summed E-state index contributed by atoms with van der Waals surface area (Å²) in [6.07, 6.45) is -1.55. The number of amides is 2. The van der Waals surface area contributed by atoms with Crippen LogP contribution < -0.4 is 4.72 Å². The number of β-amino-alcohol motifs (C(OH)–C–C–N with tert-alkyl or cyclic N) is 1. The molecule has 2 amide bonds. The van der Waals surface area contributed by atoms with Crippen LogP contribution in [0, 0.1) is 18.6 Å². The molecule has 1 aliphatic heterocycles. The van der Waals surface area contributed by atoms with Gasteiger partial charge in [-0.3, -0.25) is 9.52 Å². The zero-order chi connectivity index (χ0) is 30.8. The molecular formula is C29H35ClN6O5S. The summed E-state index contributed by atoms with van der Waals surface area (Å²) in [6, 6.07) is 13.3. The Bertz CT molecular complexity index is 1590. The lowest BCUT2D eigenvalue weighted by Gasteiger charge is -2.26. The Morgan fingerprint density at radius 2 is 1.67 bits per heavy atom. The van der Waals surface area contributed by atoms with Crippen LogP contribution >= 0.6 is 11.6 Å². The van der Waals surface area contributed by atoms with Crippen LogP contribution in [0.2, 0.25) is 5.15 Å². The molecule has 1 aliphatic rings. The lowest BCUT2D eigenvalue weighted by atomic mass is 10.00. The monoisotopic (exact) mass is 614 g/mol. The molecule has 2 atom stereocenters. The maximum atomic E-state index is 13.5. The highest BCUT2D eigenvalue weighted by Gasteiger charge is 2.30. The number of benzene rings is 2. The van der Waals surface area contributed by atoms with Crippen LogP contribution in [-0.2, 0) is 14.7 Å². The number of rotatable bonds is 5. The van der Waals surface area contributed by atoms with E-state index >= 15 is 0 Å². The van der Waals surface area contributed by atoms with Gasteiger partial charge in [0.2, 0.25) is 5.95 Å². The third kappa shape index (κ3) is 7.55. The van der Waals surface area contributed by atoms with Crippen LogP contribution in [-0.4, -0.2) is 79.0 Å². The van der Waals surface area contributed by atoms with Crippen molar-refractivity contribution in [1.82, 2.24) is 19.8 Å². The van der Waals surface area contributed by atoms with Gasteiger partial charge in [-0.1, -0.05) is 35.9 Å². The smallest absolute Gasteiger partial charge is 0.410 e. The quantitative estimate of drug-likeness (QED) is 0.346. The normalized spacial score (nSPS) is 17.3. The molecule has 42 heavy (non-hydrogen) atoms. The lowest BCUT2D eigenvalue weighted by Crippen LogP contribution is -2.41. The Morgan fingerprint density at radius 3 is 2.33 bits per heavy atom. The van der Waals surface area contributed by atoms with Crippen molar-refractivity contribution in [3.63, 3.8) is 0 Å². The van der Waals surface area contributed by atoms with Crippen molar-refractivity contribution in [1.29, 1.82) is 4.78 Å². The van der Waals surface area contributed by atoms with E-state index in [0.717, 1.165) is 16.7 Å². The molecule has 13 heteroatoms. The average molecular weight is 615 g/mol. The molecule has 224 valence electrons. The number of hydrogen-bond acceptors (Lipinski definition) is 8. The zero-order valence-corrected chi connectivity index (χ0v) is 25.8. The van der Waals surface area contributed by atoms with E-state index in [1.54, 1.807) is 32.9 Å². The second-order valence-electron chi connectivity index (χ2n) is 11.2. The molecule has 1 aromatic heterocycles. The summed E-state index contributed by atoms with van der Waals surface area (Å²) in [7, 11) is -3.71. The van der Waals surface area contributed by atoms with Gasteiger partial charge in [0.1, 0.15) is 10.8 Å². The Balaban J connectivity index is 1.54. The minimum Gasteiger partial charge on any atom is -0.444 e. The third-order valence-electron chi connectivity index (χ3n) is 6.52. The van der Waals surface area contributed by atoms with E-state index in [4.69, 9.17) is 21.1 Å². The molecule has 0 saturated carbocycles. The van der Waals surface area contributed by atoms with Crippen molar-refractivity contribution in [3.8, 4) is 11.3 Å². The van der Waals surface area contributed by atoms with Gasteiger partial charge in [-0.2, -0.15) is 0 Å². The number of aliphatic hydroxyl groups is 1. The van der Waals surface area contributed by atoms with Crippen molar-refractivity contribution < 1.29 is 23.6 Å². The third-order valence-corrected chi connectivity index (χ3v) is 8.10. The van der Waals surface area contributed by atoms with Crippen LogP contribution in [0.5, 0.6) is 0 Å². The SMILES string of the molecule is Cc1cccc(C)c1-c1cc(Cl)nc(NS(=N)(=O)c2cccc(C(=O)N3CCN(C(=O)OC(C)(C)C)CC(O)C3)c2)n1. The Kier molecular flexibility index (Phi) is 9.09. The fraction of sp³-hybridized carbons (Fsp3) is 0.379. The van der Waals surface area contributed by atoms with Crippen molar-refractivity contribution in [2.75, 3.05) is 30.9 Å². The highest BCUT2D eigenvalue weighted by molar-refractivity contribution is 7.93. The molecule has 3 N–H and O–H groups in total. The summed E-state index contributed by atoms with van der Waals surface area (Å²) in [5, 5.41) is 10.6. The Morgan fingerprint density at radius 1 is 1.05 bits per heavy atom. The summed E-state index contributed by atoms with van der Waals surface area (Å²) in [5.74, 6) is -0.525. The summed E-state index contributed by atoms with van der Waals surface area (Å²) >= 11 is 6.27. The largest absolute Gasteiger partial charge is 0.444 e. The maximum Gasteiger partial charge on any atom is 0.410 e. The van der Waals surface area contributed by atoms with Gasteiger partial charge >= 0.3 is 6.09 Å². The summed E-state index contributed by atoms with van der Waals surface area (Å²) in [6.45, 7) is 9.49. The van der Waals surface area contributed by atoms with Crippen LogP contribution in [0.1, 0.15) is 42.3 Å². The van der Waals surface area contributed by atoms with E-state index in [9.17, 15) is 18.9 Å². The van der Waals surface area contributed by atoms with E-state index in [0.29, 0.717) is 5.69 Å². The number of aryl methyl sites for hydroxylation is 2. The molecule has 11 nitrogen and oxygen atoms in total. The molecule has 2 aromatic carbocycles. The molecule has 2 heterocycles. The zero-order valence-electron chi connectivity index (χ0n) is 24.2. The van der Waals surface area contributed by atoms with Gasteiger partial charge in [0.25, 0.3) is 5.91 Å². The molecule has 3 aromatic rings. The number of anilines is 1. The lowest BCUT2D eigenvalue weighted by molar-refractivity contribution is 0.0186. The molecule has 2 unspecified atom stereocenters. The van der Waals surface area contributed by atoms with Crippen molar-refractivity contribution in [3.05, 3.63) is 70.4 Å². The molecular weight excluding hydrogens is 580 g/mol. The Hall–Kier alpha value is -3.74. The summed E-state index contributed by atoms with van der Waals surface area (Å²) < 4.78 is 30.1. The van der Waals surface area contributed by atoms with Gasteiger partial charge < -0.3 is 19.6 Å². The molecule has 0 bridgehead atoms. The Labute approximate surface area is 251 Å². The average Bonchev–Trinajstić information content (AvgIpc) is 3.08. The van der Waals surface area contributed by atoms with Gasteiger partial charge in [0, 0.05) is 36.8 Å². The minimum atomic E-state index is -3.71. The second-order valence-corrected chi connectivity index (χ2v) is 13.4. The number of aromatic nitrogens is 2. The van der Waals surface area contributed by atoms with E-state index < -0.39 is 33.6 Å². The van der Waals surface area contributed by atoms with Crippen LogP contribution in [0.15, 0.2) is 53.4 Å². The molecule has 0 radical (unpaired) electrons. The van der Waals surface area contributed by atoms with E-state index in [-0.39, 0.29) is 47.7 Å². The van der Waals surface area contributed by atoms with Gasteiger partial charge in [-0.05, 0) is 63.9 Å². The number of nitrogens with zero attached hydrogens (tertiary/aromatic N) is 4. The predicted molar refractivity (Wildman–Crippen MR) is 161 cm³/mol. The standard InChI is InChI=1S/C29H35ClN6O5S/c1-18-8-6-9-19(2)25(18)23-15-24(30)33-27(32-23)34-42(31,40)22-11-7-10-20(14-22)26(38)35-12-13-36(17-21(37)16-35)28(39)41-29(3,4)5/h6-11,14-15,21,37H,12-13,16-17H2,1-5H3,(H2,31,32,33,34,40). The molecule has 0 spiro atoms. The first-order valence-electron chi connectivity index (χ1n) is 13.4. The first kappa shape index (κ1) is 31.2. The van der Waals surface area contributed by atoms with Crippen molar-refractivity contribution >= 4 is 39.5 Å². The fourth-order valence-corrected chi connectivity index (χ4v) is 5.87. The van der Waals surface area contributed by atoms with Crippen molar-refractivity contribution in [2.45, 2.75) is 51.2 Å². The van der Waals surface area contributed by atoms with Crippen LogP contribution in [0.4, 0.5) is 10.7 Å². The second kappa shape index (κ2) is 12.2. The predicted octanol–water partition coefficient (Wildman–Crippen LogP) is 4.90. The molecule has 4 rings (SSSR count). The minimum absolute atomic E-state index is 0.00565. The molecule has 1 saturated heterocycles. The highest BCUT2D eigenvalue weighted by Crippen LogP contribution is 2.28. The first-order chi connectivity index (χ1) is 19.6.